The molecule has 9 atom stereocenters. The molecule has 9 rings (SSSR count). The van der Waals surface area contributed by atoms with Gasteiger partial charge in [-0.3, -0.25) is 38.4 Å². The maximum atomic E-state index is 14.6. The van der Waals surface area contributed by atoms with Crippen molar-refractivity contribution in [2.24, 2.45) is 0 Å². The molecule has 20 nitrogen and oxygen atoms in total. The van der Waals surface area contributed by atoms with Crippen molar-refractivity contribution in [3.8, 4) is 5.75 Å². The van der Waals surface area contributed by atoms with Crippen LogP contribution < -0.4 is 10.6 Å². The van der Waals surface area contributed by atoms with Crippen LogP contribution in [0, 0.1) is 3.57 Å². The molecule has 8 heterocycles. The summed E-state index contributed by atoms with van der Waals surface area (Å²) in [6.07, 6.45) is 8.71. The molecule has 0 aromatic heterocycles. The van der Waals surface area contributed by atoms with E-state index in [1.54, 1.807) is 36.6 Å². The van der Waals surface area contributed by atoms with E-state index in [-0.39, 0.29) is 66.1 Å². The molecule has 1 aromatic carbocycles. The lowest BCUT2D eigenvalue weighted by Crippen LogP contribution is -2.59. The van der Waals surface area contributed by atoms with Crippen molar-refractivity contribution >= 4 is 75.8 Å². The van der Waals surface area contributed by atoms with Crippen LogP contribution in [0.4, 0.5) is 0 Å². The van der Waals surface area contributed by atoms with Gasteiger partial charge in [0.2, 0.25) is 47.3 Å². The lowest BCUT2D eigenvalue weighted by atomic mass is 10.0. The van der Waals surface area contributed by atoms with Gasteiger partial charge in [0, 0.05) is 52.2 Å². The van der Waals surface area contributed by atoms with E-state index >= 15 is 0 Å². The van der Waals surface area contributed by atoms with Gasteiger partial charge in [0.05, 0.1) is 9.61 Å². The number of nitrogens with zero attached hydrogens (tertiary/aromatic N) is 7. The first-order valence-corrected chi connectivity index (χ1v) is 26.7. The van der Waals surface area contributed by atoms with Crippen LogP contribution in [0.2, 0.25) is 0 Å². The van der Waals surface area contributed by atoms with Gasteiger partial charge in [-0.05, 0) is 150 Å². The van der Waals surface area contributed by atoms with Gasteiger partial charge in [-0.15, -0.1) is 0 Å². The molecular formula is C49H66IN9O11. The SMILES string of the molecule is O=C(O)[C@H](Cc1ccc(O)c(I)c1)NC(=O)[C@@H]1CCCN1C(=O)[C@@H]1CCCN1C(=O)[C@@H]1CCCN1C(=O)[C@@H]1CCCN1C(=O)[C@@H]1CCCN1C(=O)[C@@H]1CCCN1C(=O)[C@@H]1CCCN1C(=O)[C@@H]1CCCN1. The average Bonchev–Trinajstić information content (AvgIpc) is 4.21. The molecule has 8 fully saturated rings. The lowest BCUT2D eigenvalue weighted by Gasteiger charge is -2.37. The predicted molar refractivity (Wildman–Crippen MR) is 258 cm³/mol. The standard InChI is InChI=1S/C49H66IN9O11/c50-30-27-29(17-18-40(30)60)28-32(49(69)70)52-41(61)33-10-2-20-53(33)43(63)35-12-4-22-55(35)45(65)37-14-6-24-57(37)47(67)39-16-8-26-59(39)48(68)38-15-7-25-58(38)46(66)36-13-5-23-56(36)44(64)34-11-3-21-54(34)42(62)31-9-1-19-51-31/h17-18,27,31-39,51,60H,1-16,19-26,28H2,(H,52,61)(H,69,70)/t31-,32-,33-,34-,35-,36-,37-,38-,39-/m0/s1. The predicted octanol–water partition coefficient (Wildman–Crippen LogP) is 0.798. The largest absolute Gasteiger partial charge is 0.507 e. The van der Waals surface area contributed by atoms with Gasteiger partial charge in [-0.25, -0.2) is 4.79 Å². The number of likely N-dealkylation sites (tertiary alicyclic amines) is 7. The topological polar surface area (TPSA) is 241 Å². The van der Waals surface area contributed by atoms with Gasteiger partial charge < -0.3 is 55.1 Å². The van der Waals surface area contributed by atoms with Crippen molar-refractivity contribution in [2.75, 3.05) is 52.4 Å². The van der Waals surface area contributed by atoms with Crippen molar-refractivity contribution in [1.29, 1.82) is 0 Å². The molecule has 0 radical (unpaired) electrons. The van der Waals surface area contributed by atoms with Gasteiger partial charge >= 0.3 is 5.97 Å². The molecule has 21 heteroatoms. The minimum absolute atomic E-state index is 0.0305. The van der Waals surface area contributed by atoms with Crippen molar-refractivity contribution in [2.45, 2.75) is 164 Å². The molecule has 380 valence electrons. The van der Waals surface area contributed by atoms with E-state index in [0.29, 0.717) is 132 Å². The Morgan fingerprint density at radius 1 is 0.514 bits per heavy atom. The van der Waals surface area contributed by atoms with E-state index in [2.05, 4.69) is 10.6 Å². The van der Waals surface area contributed by atoms with Gasteiger partial charge in [-0.2, -0.15) is 0 Å². The van der Waals surface area contributed by atoms with Gasteiger partial charge in [-0.1, -0.05) is 6.07 Å². The number of carbonyl (C=O) groups excluding carboxylic acids is 8. The highest BCUT2D eigenvalue weighted by molar-refractivity contribution is 14.1. The Balaban J connectivity index is 0.822. The molecule has 70 heavy (non-hydrogen) atoms. The zero-order valence-corrected chi connectivity index (χ0v) is 41.8. The number of rotatable bonds is 12. The summed E-state index contributed by atoms with van der Waals surface area (Å²) in [7, 11) is 0. The number of halogens is 1. The summed E-state index contributed by atoms with van der Waals surface area (Å²) < 4.78 is 0.540. The number of aliphatic carboxylic acids is 1. The minimum atomic E-state index is -1.28. The number of hydrogen-bond donors (Lipinski definition) is 4. The maximum Gasteiger partial charge on any atom is 0.326 e. The normalized spacial score (nSPS) is 29.4. The fraction of sp³-hybridized carbons (Fsp3) is 0.694. The molecule has 1 aromatic rings. The fourth-order valence-electron chi connectivity index (χ4n) is 12.7. The van der Waals surface area contributed by atoms with Gasteiger partial charge in [0.25, 0.3) is 0 Å². The summed E-state index contributed by atoms with van der Waals surface area (Å²) in [6.45, 7) is 3.23. The molecule has 0 spiro atoms. The first-order chi connectivity index (χ1) is 33.7. The number of carbonyl (C=O) groups is 9. The van der Waals surface area contributed by atoms with Crippen molar-refractivity contribution in [3.05, 3.63) is 27.3 Å². The van der Waals surface area contributed by atoms with Crippen molar-refractivity contribution in [3.63, 3.8) is 0 Å². The third kappa shape index (κ3) is 9.80. The molecule has 8 aliphatic rings. The van der Waals surface area contributed by atoms with Crippen LogP contribution in [0.15, 0.2) is 18.2 Å². The summed E-state index contributed by atoms with van der Waals surface area (Å²) in [4.78, 5) is 137. The van der Waals surface area contributed by atoms with E-state index < -0.39 is 60.2 Å². The van der Waals surface area contributed by atoms with E-state index in [4.69, 9.17) is 0 Å². The number of benzene rings is 1. The van der Waals surface area contributed by atoms with Crippen LogP contribution in [0.1, 0.15) is 108 Å². The van der Waals surface area contributed by atoms with Gasteiger partial charge in [0.15, 0.2) is 0 Å². The van der Waals surface area contributed by atoms with Crippen LogP contribution >= 0.6 is 22.6 Å². The Kier molecular flexibility index (Phi) is 15.2. The van der Waals surface area contributed by atoms with E-state index in [9.17, 15) is 53.4 Å². The number of carboxylic acids is 1. The van der Waals surface area contributed by atoms with Crippen LogP contribution in [0.25, 0.3) is 0 Å². The Hall–Kier alpha value is -5.06. The summed E-state index contributed by atoms with van der Waals surface area (Å²) in [6, 6.07) is -2.45. The third-order valence-electron chi connectivity index (χ3n) is 16.2. The number of hydrogen-bond acceptors (Lipinski definition) is 11. The zero-order chi connectivity index (χ0) is 49.4. The first-order valence-electron chi connectivity index (χ1n) is 25.6. The van der Waals surface area contributed by atoms with Crippen LogP contribution in [-0.2, 0) is 49.6 Å². The molecule has 8 saturated heterocycles. The van der Waals surface area contributed by atoms with Crippen LogP contribution in [0.3, 0.4) is 0 Å². The summed E-state index contributed by atoms with van der Waals surface area (Å²) in [5, 5.41) is 25.8. The molecule has 0 aliphatic carbocycles. The van der Waals surface area contributed by atoms with Crippen LogP contribution in [0.5, 0.6) is 5.75 Å². The molecule has 8 aliphatic heterocycles. The summed E-state index contributed by atoms with van der Waals surface area (Å²) in [5.41, 5.74) is 0.606. The Labute approximate surface area is 421 Å². The average molecular weight is 1080 g/mol. The van der Waals surface area contributed by atoms with Crippen molar-refractivity contribution in [1.82, 2.24) is 44.9 Å². The highest BCUT2D eigenvalue weighted by Crippen LogP contribution is 2.34. The molecular weight excluding hydrogens is 1020 g/mol. The number of amides is 8. The van der Waals surface area contributed by atoms with Crippen molar-refractivity contribution < 1.29 is 53.4 Å². The minimum Gasteiger partial charge on any atom is -0.507 e. The van der Waals surface area contributed by atoms with E-state index in [1.807, 2.05) is 22.6 Å². The Morgan fingerprint density at radius 2 is 0.857 bits per heavy atom. The smallest absolute Gasteiger partial charge is 0.326 e. The second kappa shape index (κ2) is 21.3. The summed E-state index contributed by atoms with van der Waals surface area (Å²) in [5.74, 6) is -3.70. The Morgan fingerprint density at radius 3 is 1.19 bits per heavy atom. The second-order valence-electron chi connectivity index (χ2n) is 20.4. The van der Waals surface area contributed by atoms with Gasteiger partial charge in [0.1, 0.15) is 54.1 Å². The Bertz CT molecular complexity index is 2260. The quantitative estimate of drug-likeness (QED) is 0.213. The number of aromatic hydroxyl groups is 1. The van der Waals surface area contributed by atoms with Crippen LogP contribution in [-0.4, -0.2) is 204 Å². The third-order valence-corrected chi connectivity index (χ3v) is 17.1. The highest BCUT2D eigenvalue weighted by Gasteiger charge is 2.51. The monoisotopic (exact) mass is 1080 g/mol. The second-order valence-corrected chi connectivity index (χ2v) is 21.5. The maximum absolute atomic E-state index is 14.6. The fourth-order valence-corrected chi connectivity index (χ4v) is 13.2. The molecule has 4 N–H and O–H groups in total. The number of phenolic OH excluding ortho intramolecular Hbond substituents is 1. The summed E-state index contributed by atoms with van der Waals surface area (Å²) >= 11 is 1.94. The molecule has 0 bridgehead atoms. The first kappa shape index (κ1) is 49.9. The molecule has 8 amide bonds. The number of nitrogens with one attached hydrogen (secondary N) is 2. The van der Waals surface area contributed by atoms with E-state index in [0.717, 1.165) is 25.8 Å². The number of phenols is 1. The molecule has 0 unspecified atom stereocenters. The lowest BCUT2D eigenvalue weighted by molar-refractivity contribution is -0.155. The highest BCUT2D eigenvalue weighted by atomic mass is 127. The van der Waals surface area contributed by atoms with E-state index in [1.165, 1.54) is 15.9 Å². The zero-order valence-electron chi connectivity index (χ0n) is 39.7. The molecule has 0 saturated carbocycles. The number of carboxylic acid groups (broad SMARTS) is 1.